The van der Waals surface area contributed by atoms with E-state index < -0.39 is 0 Å². The predicted octanol–water partition coefficient (Wildman–Crippen LogP) is 1.64. The summed E-state index contributed by atoms with van der Waals surface area (Å²) in [7, 11) is 0. The van der Waals surface area contributed by atoms with E-state index in [9.17, 15) is 4.79 Å². The number of hydrogen-bond acceptors (Lipinski definition) is 5. The van der Waals surface area contributed by atoms with Crippen molar-refractivity contribution in [3.8, 4) is 0 Å². The summed E-state index contributed by atoms with van der Waals surface area (Å²) in [5.41, 5.74) is -0.278. The highest BCUT2D eigenvalue weighted by molar-refractivity contribution is 5.91. The van der Waals surface area contributed by atoms with Gasteiger partial charge in [-0.1, -0.05) is 11.2 Å². The summed E-state index contributed by atoms with van der Waals surface area (Å²) in [5.74, 6) is 0.162. The lowest BCUT2D eigenvalue weighted by molar-refractivity contribution is -0.0467. The monoisotopic (exact) mass is 292 g/mol. The molecule has 1 aromatic heterocycles. The van der Waals surface area contributed by atoms with Crippen molar-refractivity contribution in [1.29, 1.82) is 0 Å². The molecule has 2 atom stereocenters. The van der Waals surface area contributed by atoms with E-state index in [2.05, 4.69) is 11.7 Å². The third kappa shape index (κ3) is 3.01. The Balaban J connectivity index is 1.63. The molecule has 2 fully saturated rings. The van der Waals surface area contributed by atoms with E-state index in [1.165, 1.54) is 6.20 Å². The number of carbonyl (C=O) groups is 1. The molecule has 0 bridgehead atoms. The SMILES string of the molecule is C=CCOC1COC2(CCCN(C(=O)c3ccno3)C2)C1. The molecule has 2 aliphatic rings. The highest BCUT2D eigenvalue weighted by atomic mass is 16.6. The van der Waals surface area contributed by atoms with Crippen molar-refractivity contribution in [1.82, 2.24) is 10.1 Å². The number of amides is 1. The molecule has 0 aromatic carbocycles. The molecule has 1 amide bonds. The van der Waals surface area contributed by atoms with Crippen LogP contribution >= 0.6 is 0 Å². The first-order chi connectivity index (χ1) is 10.2. The fourth-order valence-electron chi connectivity index (χ4n) is 3.15. The first kappa shape index (κ1) is 14.3. The first-order valence-electron chi connectivity index (χ1n) is 7.29. The normalized spacial score (nSPS) is 29.0. The highest BCUT2D eigenvalue weighted by Crippen LogP contribution is 2.36. The molecule has 2 unspecified atom stereocenters. The van der Waals surface area contributed by atoms with E-state index in [1.54, 1.807) is 17.0 Å². The number of nitrogens with zero attached hydrogens (tertiary/aromatic N) is 2. The molecule has 21 heavy (non-hydrogen) atoms. The summed E-state index contributed by atoms with van der Waals surface area (Å²) in [5, 5.41) is 3.59. The Kier molecular flexibility index (Phi) is 4.07. The summed E-state index contributed by atoms with van der Waals surface area (Å²) in [6.45, 7) is 6.08. The lowest BCUT2D eigenvalue weighted by Gasteiger charge is -2.39. The van der Waals surface area contributed by atoms with E-state index >= 15 is 0 Å². The van der Waals surface area contributed by atoms with Crippen LogP contribution in [-0.4, -0.2) is 54.0 Å². The lowest BCUT2D eigenvalue weighted by atomic mass is 9.89. The van der Waals surface area contributed by atoms with Crippen LogP contribution in [0.2, 0.25) is 0 Å². The average Bonchev–Trinajstić information content (AvgIpc) is 3.15. The van der Waals surface area contributed by atoms with E-state index in [-0.39, 0.29) is 23.4 Å². The van der Waals surface area contributed by atoms with Crippen LogP contribution in [0.25, 0.3) is 0 Å². The van der Waals surface area contributed by atoms with Gasteiger partial charge in [-0.05, 0) is 12.8 Å². The molecule has 1 spiro atoms. The standard InChI is InChI=1S/C15H20N2O4/c1-2-8-19-12-9-15(20-10-12)5-3-7-17(11-15)14(18)13-4-6-16-21-13/h2,4,6,12H,1,3,5,7-11H2. The number of rotatable bonds is 4. The van der Waals surface area contributed by atoms with E-state index in [0.717, 1.165) is 25.8 Å². The maximum absolute atomic E-state index is 12.3. The molecular formula is C15H20N2O4. The van der Waals surface area contributed by atoms with E-state index in [4.69, 9.17) is 14.0 Å². The van der Waals surface area contributed by atoms with Crippen molar-refractivity contribution in [3.05, 3.63) is 30.7 Å². The van der Waals surface area contributed by atoms with Crippen LogP contribution in [0.1, 0.15) is 29.8 Å². The molecule has 2 saturated heterocycles. The van der Waals surface area contributed by atoms with Crippen molar-refractivity contribution in [3.63, 3.8) is 0 Å². The van der Waals surface area contributed by atoms with Gasteiger partial charge in [-0.15, -0.1) is 6.58 Å². The van der Waals surface area contributed by atoms with Gasteiger partial charge in [-0.25, -0.2) is 0 Å². The molecule has 1 aromatic rings. The largest absolute Gasteiger partial charge is 0.372 e. The third-order valence-electron chi connectivity index (χ3n) is 4.10. The Labute approximate surface area is 123 Å². The van der Waals surface area contributed by atoms with Gasteiger partial charge < -0.3 is 18.9 Å². The van der Waals surface area contributed by atoms with Crippen LogP contribution in [0.3, 0.4) is 0 Å². The Hall–Kier alpha value is -1.66. The third-order valence-corrected chi connectivity index (χ3v) is 4.10. The van der Waals surface area contributed by atoms with Crippen molar-refractivity contribution in [2.45, 2.75) is 31.0 Å². The molecule has 0 radical (unpaired) electrons. The first-order valence-corrected chi connectivity index (χ1v) is 7.29. The van der Waals surface area contributed by atoms with Gasteiger partial charge in [0.25, 0.3) is 5.91 Å². The number of aromatic nitrogens is 1. The van der Waals surface area contributed by atoms with Crippen molar-refractivity contribution >= 4 is 5.91 Å². The van der Waals surface area contributed by atoms with Gasteiger partial charge in [0.05, 0.1) is 37.7 Å². The molecule has 6 heteroatoms. The maximum atomic E-state index is 12.3. The molecular weight excluding hydrogens is 272 g/mol. The van der Waals surface area contributed by atoms with E-state index in [1.807, 2.05) is 0 Å². The molecule has 0 saturated carbocycles. The number of hydrogen-bond donors (Lipinski definition) is 0. The summed E-state index contributed by atoms with van der Waals surface area (Å²) < 4.78 is 16.6. The molecule has 6 nitrogen and oxygen atoms in total. The molecule has 0 aliphatic carbocycles. The van der Waals surface area contributed by atoms with Gasteiger partial charge in [-0.2, -0.15) is 0 Å². The Morgan fingerprint density at radius 3 is 3.33 bits per heavy atom. The van der Waals surface area contributed by atoms with Gasteiger partial charge >= 0.3 is 0 Å². The minimum absolute atomic E-state index is 0.0864. The second-order valence-corrected chi connectivity index (χ2v) is 5.65. The number of piperidine rings is 1. The topological polar surface area (TPSA) is 64.8 Å². The summed E-state index contributed by atoms with van der Waals surface area (Å²) in [6, 6.07) is 1.59. The molecule has 114 valence electrons. The summed E-state index contributed by atoms with van der Waals surface area (Å²) in [4.78, 5) is 14.1. The van der Waals surface area contributed by atoms with Gasteiger partial charge in [0.1, 0.15) is 0 Å². The fraction of sp³-hybridized carbons (Fsp3) is 0.600. The molecule has 2 aliphatic heterocycles. The molecule has 3 heterocycles. The van der Waals surface area contributed by atoms with Gasteiger partial charge in [-0.3, -0.25) is 4.79 Å². The van der Waals surface area contributed by atoms with Crippen molar-refractivity contribution in [2.24, 2.45) is 0 Å². The van der Waals surface area contributed by atoms with Crippen LogP contribution in [0.5, 0.6) is 0 Å². The van der Waals surface area contributed by atoms with Crippen LogP contribution in [0.15, 0.2) is 29.4 Å². The minimum Gasteiger partial charge on any atom is -0.372 e. The van der Waals surface area contributed by atoms with Crippen molar-refractivity contribution < 1.29 is 18.8 Å². The van der Waals surface area contributed by atoms with Crippen LogP contribution in [0.4, 0.5) is 0 Å². The predicted molar refractivity (Wildman–Crippen MR) is 74.9 cm³/mol. The Bertz CT molecular complexity index is 502. The van der Waals surface area contributed by atoms with Crippen LogP contribution in [0, 0.1) is 0 Å². The smallest absolute Gasteiger partial charge is 0.292 e. The lowest BCUT2D eigenvalue weighted by Crippen LogP contribution is -2.50. The summed E-state index contributed by atoms with van der Waals surface area (Å²) >= 11 is 0. The second kappa shape index (κ2) is 5.99. The zero-order valence-corrected chi connectivity index (χ0v) is 12.0. The summed E-state index contributed by atoms with van der Waals surface area (Å²) in [6.07, 6.45) is 6.02. The molecule has 0 N–H and O–H groups in total. The minimum atomic E-state index is -0.278. The zero-order chi connectivity index (χ0) is 14.7. The van der Waals surface area contributed by atoms with E-state index in [0.29, 0.717) is 19.8 Å². The number of ether oxygens (including phenoxy) is 2. The van der Waals surface area contributed by atoms with Crippen LogP contribution in [-0.2, 0) is 9.47 Å². The number of carbonyl (C=O) groups excluding carboxylic acids is 1. The number of likely N-dealkylation sites (tertiary alicyclic amines) is 1. The quantitative estimate of drug-likeness (QED) is 0.789. The van der Waals surface area contributed by atoms with Crippen molar-refractivity contribution in [2.75, 3.05) is 26.3 Å². The molecule has 3 rings (SSSR count). The fourth-order valence-corrected chi connectivity index (χ4v) is 3.15. The Morgan fingerprint density at radius 2 is 2.57 bits per heavy atom. The Morgan fingerprint density at radius 1 is 1.67 bits per heavy atom. The maximum Gasteiger partial charge on any atom is 0.292 e. The van der Waals surface area contributed by atoms with Gasteiger partial charge in [0.2, 0.25) is 5.76 Å². The van der Waals surface area contributed by atoms with Gasteiger partial charge in [0, 0.05) is 19.0 Å². The van der Waals surface area contributed by atoms with Gasteiger partial charge in [0.15, 0.2) is 0 Å². The zero-order valence-electron chi connectivity index (χ0n) is 12.0. The van der Waals surface area contributed by atoms with Crippen LogP contribution < -0.4 is 0 Å². The average molecular weight is 292 g/mol. The highest BCUT2D eigenvalue weighted by Gasteiger charge is 2.45. The second-order valence-electron chi connectivity index (χ2n) is 5.65.